The monoisotopic (exact) mass is 270 g/mol. The van der Waals surface area contributed by atoms with Gasteiger partial charge in [0.05, 0.1) is 0 Å². The van der Waals surface area contributed by atoms with E-state index < -0.39 is 0 Å². The third-order valence-electron chi connectivity index (χ3n) is 2.97. The number of hydrogen-bond acceptors (Lipinski definition) is 1. The zero-order chi connectivity index (χ0) is 11.8. The Balaban J connectivity index is 0.00000144. The zero-order valence-corrected chi connectivity index (χ0v) is 10.9. The van der Waals surface area contributed by atoms with Crippen molar-refractivity contribution in [3.8, 4) is 0 Å². The van der Waals surface area contributed by atoms with Crippen LogP contribution in [0.3, 0.4) is 0 Å². The van der Waals surface area contributed by atoms with Gasteiger partial charge in [0.25, 0.3) is 0 Å². The molecule has 0 aliphatic rings. The Morgan fingerprint density at radius 2 is 1.76 bits per heavy atom. The summed E-state index contributed by atoms with van der Waals surface area (Å²) < 4.78 is 1.74. The minimum atomic E-state index is -0.0644. The molecule has 0 aliphatic carbocycles. The molecule has 0 atom stereocenters. The van der Waals surface area contributed by atoms with Gasteiger partial charge in [-0.3, -0.25) is 0 Å². The maximum absolute atomic E-state index is 4.49. The third kappa shape index (κ3) is 2.62. The zero-order valence-electron chi connectivity index (χ0n) is 9.74. The Morgan fingerprint density at radius 3 is 2.24 bits per heavy atom. The van der Waals surface area contributed by atoms with Crippen LogP contribution in [0.15, 0.2) is 36.4 Å². The predicted octanol–water partition coefficient (Wildman–Crippen LogP) is 3.46. The van der Waals surface area contributed by atoms with Gasteiger partial charge in [0.15, 0.2) is 0 Å². The quantitative estimate of drug-likeness (QED) is 0.764. The van der Waals surface area contributed by atoms with Crippen molar-refractivity contribution < 1.29 is 16.2 Å². The maximum atomic E-state index is 4.49. The molecule has 0 bridgehead atoms. The summed E-state index contributed by atoms with van der Waals surface area (Å²) >= 11 is 3.39. The van der Waals surface area contributed by atoms with E-state index in [1.54, 1.807) is 3.70 Å². The molecule has 1 aromatic heterocycles. The van der Waals surface area contributed by atoms with Crippen molar-refractivity contribution in [2.24, 2.45) is 0 Å². The average molecular weight is 270 g/mol. The van der Waals surface area contributed by atoms with E-state index in [0.29, 0.717) is 0 Å². The van der Waals surface area contributed by atoms with Crippen molar-refractivity contribution in [3.05, 3.63) is 53.3 Å². The van der Waals surface area contributed by atoms with Crippen LogP contribution in [0.5, 0.6) is 0 Å². The summed E-state index contributed by atoms with van der Waals surface area (Å²) in [7, 11) is 0. The Morgan fingerprint density at radius 1 is 1.18 bits per heavy atom. The van der Waals surface area contributed by atoms with Crippen molar-refractivity contribution in [3.63, 3.8) is 0 Å². The van der Waals surface area contributed by atoms with E-state index in [0.717, 1.165) is 11.4 Å². The summed E-state index contributed by atoms with van der Waals surface area (Å²) in [6.45, 7) is 6.42. The molecular formula is C14H19MnN2. The first-order chi connectivity index (χ1) is 7.51. The SMILES string of the molecule is C.Cc1cc(C(C)(C)c2ccccc2)n[n]1[Mn]. The first-order valence-corrected chi connectivity index (χ1v) is 5.83. The van der Waals surface area contributed by atoms with E-state index in [9.17, 15) is 0 Å². The molecule has 2 nitrogen and oxygen atoms in total. The topological polar surface area (TPSA) is 17.8 Å². The number of aromatic nitrogens is 2. The average Bonchev–Trinajstić information content (AvgIpc) is 2.61. The van der Waals surface area contributed by atoms with Crippen LogP contribution < -0.4 is 0 Å². The van der Waals surface area contributed by atoms with Crippen LogP contribution in [0.1, 0.15) is 38.2 Å². The molecule has 2 rings (SSSR count). The van der Waals surface area contributed by atoms with Crippen molar-refractivity contribution in [2.75, 3.05) is 0 Å². The van der Waals surface area contributed by atoms with E-state index in [-0.39, 0.29) is 12.8 Å². The van der Waals surface area contributed by atoms with Gasteiger partial charge in [-0.1, -0.05) is 7.43 Å². The number of nitrogens with zero attached hydrogens (tertiary/aromatic N) is 2. The van der Waals surface area contributed by atoms with Crippen molar-refractivity contribution in [1.82, 2.24) is 8.80 Å². The van der Waals surface area contributed by atoms with Gasteiger partial charge < -0.3 is 0 Å². The van der Waals surface area contributed by atoms with E-state index >= 15 is 0 Å². The summed E-state index contributed by atoms with van der Waals surface area (Å²) in [4.78, 5) is 0. The molecular weight excluding hydrogens is 251 g/mol. The Bertz CT molecular complexity index is 467. The predicted molar refractivity (Wildman–Crippen MR) is 67.7 cm³/mol. The summed E-state index contributed by atoms with van der Waals surface area (Å²) in [6.07, 6.45) is 0. The second-order valence-corrected chi connectivity index (χ2v) is 5.02. The van der Waals surface area contributed by atoms with E-state index in [4.69, 9.17) is 0 Å². The van der Waals surface area contributed by atoms with Crippen LogP contribution in [0, 0.1) is 6.92 Å². The molecule has 3 heteroatoms. The molecule has 17 heavy (non-hydrogen) atoms. The Kier molecular flexibility index (Phi) is 4.18. The molecule has 0 fully saturated rings. The van der Waals surface area contributed by atoms with Crippen LogP contribution in [0.2, 0.25) is 0 Å². The number of benzene rings is 1. The summed E-state index contributed by atoms with van der Waals surface area (Å²) in [5.74, 6) is 0. The molecule has 0 spiro atoms. The Hall–Kier alpha value is -1.05. The van der Waals surface area contributed by atoms with Crippen molar-refractivity contribution >= 4 is 0 Å². The van der Waals surface area contributed by atoms with Crippen LogP contribution in [-0.2, 0) is 21.6 Å². The van der Waals surface area contributed by atoms with Gasteiger partial charge >= 0.3 is 105 Å². The molecule has 0 amide bonds. The second kappa shape index (κ2) is 5.07. The Labute approximate surface area is 112 Å². The molecule has 92 valence electrons. The van der Waals surface area contributed by atoms with Crippen LogP contribution in [0.4, 0.5) is 0 Å². The van der Waals surface area contributed by atoms with Crippen LogP contribution in [0.25, 0.3) is 0 Å². The number of hydrogen-bond donors (Lipinski definition) is 0. The summed E-state index contributed by atoms with van der Waals surface area (Å²) in [6, 6.07) is 12.6. The first-order valence-electron chi connectivity index (χ1n) is 5.30. The number of rotatable bonds is 2. The first kappa shape index (κ1) is 14.0. The molecule has 0 saturated heterocycles. The number of aryl methyl sites for hydroxylation is 1. The molecule has 0 saturated carbocycles. The minimum absolute atomic E-state index is 0. The molecule has 0 aliphatic heterocycles. The van der Waals surface area contributed by atoms with Gasteiger partial charge in [-0.25, -0.2) is 0 Å². The third-order valence-corrected chi connectivity index (χ3v) is 3.50. The molecule has 0 unspecified atom stereocenters. The molecule has 1 heterocycles. The van der Waals surface area contributed by atoms with Gasteiger partial charge in [0.1, 0.15) is 0 Å². The normalized spacial score (nSPS) is 11.1. The molecule has 0 radical (unpaired) electrons. The van der Waals surface area contributed by atoms with E-state index in [1.165, 1.54) is 5.56 Å². The van der Waals surface area contributed by atoms with Gasteiger partial charge in [0, 0.05) is 0 Å². The van der Waals surface area contributed by atoms with Crippen molar-refractivity contribution in [1.29, 1.82) is 0 Å². The van der Waals surface area contributed by atoms with Gasteiger partial charge in [-0.2, -0.15) is 0 Å². The fourth-order valence-corrected chi connectivity index (χ4v) is 1.96. The fraction of sp³-hybridized carbons (Fsp3) is 0.357. The molecule has 0 N–H and O–H groups in total. The van der Waals surface area contributed by atoms with Gasteiger partial charge in [-0.15, -0.1) is 0 Å². The van der Waals surface area contributed by atoms with Crippen LogP contribution in [-0.4, -0.2) is 8.80 Å². The van der Waals surface area contributed by atoms with Gasteiger partial charge in [0.2, 0.25) is 0 Å². The molecule has 2 aromatic rings. The van der Waals surface area contributed by atoms with Crippen LogP contribution >= 0.6 is 0 Å². The van der Waals surface area contributed by atoms with Crippen molar-refractivity contribution in [2.45, 2.75) is 33.6 Å². The summed E-state index contributed by atoms with van der Waals surface area (Å²) in [5.41, 5.74) is 3.40. The summed E-state index contributed by atoms with van der Waals surface area (Å²) in [5, 5.41) is 4.49. The second-order valence-electron chi connectivity index (χ2n) is 4.52. The molecule has 1 aromatic carbocycles. The van der Waals surface area contributed by atoms with Gasteiger partial charge in [-0.05, 0) is 0 Å². The fourth-order valence-electron chi connectivity index (χ4n) is 1.76. The standard InChI is InChI=1S/C13H15N2.CH4.Mn/c1-10-9-12(15-14-10)13(2,3)11-7-5-4-6-8-11;;/h4-9H,1-3H3;1H4;/q-1;;+1. The van der Waals surface area contributed by atoms with E-state index in [2.05, 4.69) is 65.5 Å². The van der Waals surface area contributed by atoms with E-state index in [1.807, 2.05) is 13.0 Å².